The van der Waals surface area contributed by atoms with Crippen molar-refractivity contribution in [2.45, 2.75) is 20.3 Å². The standard InChI is InChI=1S/C18H20N4/c1-3-22(4-2)18(12-15-8-6-5-7-9-15)21-17-14-20-11-10-16(17)13-19/h5-11,14H,3-4,12H2,1-2H3. The second kappa shape index (κ2) is 7.94. The molecule has 0 atom stereocenters. The zero-order chi connectivity index (χ0) is 15.8. The third-order valence-corrected chi connectivity index (χ3v) is 3.50. The van der Waals surface area contributed by atoms with Crippen molar-refractivity contribution in [3.8, 4) is 6.07 Å². The highest BCUT2D eigenvalue weighted by Gasteiger charge is 2.10. The van der Waals surface area contributed by atoms with E-state index in [1.165, 1.54) is 5.56 Å². The normalized spacial score (nSPS) is 11.0. The topological polar surface area (TPSA) is 52.3 Å². The van der Waals surface area contributed by atoms with Crippen LogP contribution in [-0.4, -0.2) is 28.8 Å². The average Bonchev–Trinajstić information content (AvgIpc) is 2.57. The molecule has 4 nitrogen and oxygen atoms in total. The van der Waals surface area contributed by atoms with E-state index in [1.807, 2.05) is 18.2 Å². The van der Waals surface area contributed by atoms with Gasteiger partial charge in [0.2, 0.25) is 0 Å². The van der Waals surface area contributed by atoms with Crippen molar-refractivity contribution in [3.05, 3.63) is 59.9 Å². The van der Waals surface area contributed by atoms with Crippen LogP contribution < -0.4 is 0 Å². The molecule has 2 rings (SSSR count). The van der Waals surface area contributed by atoms with E-state index in [0.29, 0.717) is 11.3 Å². The second-order valence-corrected chi connectivity index (χ2v) is 4.87. The Morgan fingerprint density at radius 2 is 1.91 bits per heavy atom. The molecule has 1 aromatic carbocycles. The maximum absolute atomic E-state index is 9.21. The Labute approximate surface area is 131 Å². The molecule has 1 heterocycles. The first-order valence-corrected chi connectivity index (χ1v) is 7.49. The first-order chi connectivity index (χ1) is 10.8. The fraction of sp³-hybridized carbons (Fsp3) is 0.278. The van der Waals surface area contributed by atoms with Crippen molar-refractivity contribution in [2.75, 3.05) is 13.1 Å². The molecule has 0 amide bonds. The van der Waals surface area contributed by atoms with E-state index in [9.17, 15) is 5.26 Å². The highest BCUT2D eigenvalue weighted by molar-refractivity contribution is 5.87. The fourth-order valence-corrected chi connectivity index (χ4v) is 2.30. The Morgan fingerprint density at radius 1 is 1.18 bits per heavy atom. The number of benzene rings is 1. The maximum Gasteiger partial charge on any atom is 0.109 e. The molecule has 0 aliphatic rings. The van der Waals surface area contributed by atoms with Gasteiger partial charge >= 0.3 is 0 Å². The van der Waals surface area contributed by atoms with Crippen LogP contribution in [0.2, 0.25) is 0 Å². The molecular formula is C18H20N4. The molecule has 0 aliphatic carbocycles. The molecule has 0 saturated carbocycles. The third kappa shape index (κ3) is 3.92. The molecule has 0 spiro atoms. The number of aliphatic imine (C=N–C) groups is 1. The second-order valence-electron chi connectivity index (χ2n) is 4.87. The number of nitriles is 1. The summed E-state index contributed by atoms with van der Waals surface area (Å²) in [5.74, 6) is 0.959. The van der Waals surface area contributed by atoms with Gasteiger partial charge in [0.1, 0.15) is 17.6 Å². The SMILES string of the molecule is CCN(CC)C(Cc1ccccc1)=Nc1cnccc1C#N. The predicted molar refractivity (Wildman–Crippen MR) is 89.1 cm³/mol. The Morgan fingerprint density at radius 3 is 2.55 bits per heavy atom. The average molecular weight is 292 g/mol. The van der Waals surface area contributed by atoms with E-state index in [-0.39, 0.29) is 0 Å². The Kier molecular flexibility index (Phi) is 5.67. The molecule has 1 aromatic heterocycles. The van der Waals surface area contributed by atoms with E-state index in [2.05, 4.69) is 41.9 Å². The van der Waals surface area contributed by atoms with Crippen LogP contribution in [0.15, 0.2) is 53.8 Å². The minimum Gasteiger partial charge on any atom is -0.360 e. The number of rotatable bonds is 5. The van der Waals surface area contributed by atoms with Gasteiger partial charge < -0.3 is 4.90 Å². The van der Waals surface area contributed by atoms with Crippen LogP contribution in [0.25, 0.3) is 0 Å². The lowest BCUT2D eigenvalue weighted by Gasteiger charge is -2.23. The zero-order valence-electron chi connectivity index (χ0n) is 13.0. The highest BCUT2D eigenvalue weighted by atomic mass is 15.2. The van der Waals surface area contributed by atoms with Gasteiger partial charge in [-0.05, 0) is 25.5 Å². The largest absolute Gasteiger partial charge is 0.360 e. The predicted octanol–water partition coefficient (Wildman–Crippen LogP) is 3.57. The zero-order valence-corrected chi connectivity index (χ0v) is 13.0. The van der Waals surface area contributed by atoms with Gasteiger partial charge in [-0.25, -0.2) is 4.99 Å². The van der Waals surface area contributed by atoms with E-state index in [0.717, 1.165) is 25.3 Å². The van der Waals surface area contributed by atoms with Gasteiger partial charge in [0, 0.05) is 25.7 Å². The van der Waals surface area contributed by atoms with Crippen molar-refractivity contribution < 1.29 is 0 Å². The highest BCUT2D eigenvalue weighted by Crippen LogP contribution is 2.18. The van der Waals surface area contributed by atoms with Crippen molar-refractivity contribution in [2.24, 2.45) is 4.99 Å². The quantitative estimate of drug-likeness (QED) is 0.625. The summed E-state index contributed by atoms with van der Waals surface area (Å²) in [6, 6.07) is 14.1. The van der Waals surface area contributed by atoms with Gasteiger partial charge in [-0.1, -0.05) is 30.3 Å². The lowest BCUT2D eigenvalue weighted by atomic mass is 10.1. The summed E-state index contributed by atoms with van der Waals surface area (Å²) >= 11 is 0. The molecule has 112 valence electrons. The number of aromatic nitrogens is 1. The molecule has 0 bridgehead atoms. The Hall–Kier alpha value is -2.67. The van der Waals surface area contributed by atoms with Crippen molar-refractivity contribution in [3.63, 3.8) is 0 Å². The van der Waals surface area contributed by atoms with Gasteiger partial charge in [-0.3, -0.25) is 4.98 Å². The molecule has 4 heteroatoms. The fourth-order valence-electron chi connectivity index (χ4n) is 2.30. The van der Waals surface area contributed by atoms with Gasteiger partial charge in [0.15, 0.2) is 0 Å². The number of amidine groups is 1. The maximum atomic E-state index is 9.21. The molecule has 0 fully saturated rings. The molecule has 22 heavy (non-hydrogen) atoms. The summed E-state index contributed by atoms with van der Waals surface area (Å²) in [5, 5.41) is 9.21. The number of hydrogen-bond donors (Lipinski definition) is 0. The van der Waals surface area contributed by atoms with Crippen LogP contribution in [-0.2, 0) is 6.42 Å². The van der Waals surface area contributed by atoms with E-state index >= 15 is 0 Å². The van der Waals surface area contributed by atoms with Gasteiger partial charge in [-0.2, -0.15) is 5.26 Å². The molecule has 2 aromatic rings. The monoisotopic (exact) mass is 292 g/mol. The lowest BCUT2D eigenvalue weighted by molar-refractivity contribution is 0.458. The van der Waals surface area contributed by atoms with Gasteiger partial charge in [-0.15, -0.1) is 0 Å². The van der Waals surface area contributed by atoms with Gasteiger partial charge in [0.05, 0.1) is 11.8 Å². The summed E-state index contributed by atoms with van der Waals surface area (Å²) in [6.45, 7) is 5.98. The number of pyridine rings is 1. The minimum atomic E-state index is 0.549. The summed E-state index contributed by atoms with van der Waals surface area (Å²) < 4.78 is 0. The van der Waals surface area contributed by atoms with Crippen molar-refractivity contribution >= 4 is 11.5 Å². The summed E-state index contributed by atoms with van der Waals surface area (Å²) in [4.78, 5) is 11.0. The number of nitrogens with zero attached hydrogens (tertiary/aromatic N) is 4. The first kappa shape index (κ1) is 15.7. The smallest absolute Gasteiger partial charge is 0.109 e. The molecular weight excluding hydrogens is 272 g/mol. The molecule has 0 N–H and O–H groups in total. The van der Waals surface area contributed by atoms with Crippen LogP contribution in [0.4, 0.5) is 5.69 Å². The summed E-state index contributed by atoms with van der Waals surface area (Å²) in [7, 11) is 0. The van der Waals surface area contributed by atoms with E-state index in [1.54, 1.807) is 18.5 Å². The van der Waals surface area contributed by atoms with Crippen LogP contribution >= 0.6 is 0 Å². The molecule has 0 radical (unpaired) electrons. The number of hydrogen-bond acceptors (Lipinski definition) is 3. The first-order valence-electron chi connectivity index (χ1n) is 7.49. The lowest BCUT2D eigenvalue weighted by Crippen LogP contribution is -2.32. The van der Waals surface area contributed by atoms with Crippen molar-refractivity contribution in [1.29, 1.82) is 5.26 Å². The molecule has 0 saturated heterocycles. The summed E-state index contributed by atoms with van der Waals surface area (Å²) in [5.41, 5.74) is 2.38. The van der Waals surface area contributed by atoms with E-state index < -0.39 is 0 Å². The Balaban J connectivity index is 2.39. The summed E-state index contributed by atoms with van der Waals surface area (Å²) in [6.07, 6.45) is 4.00. The minimum absolute atomic E-state index is 0.549. The van der Waals surface area contributed by atoms with Crippen molar-refractivity contribution in [1.82, 2.24) is 9.88 Å². The number of likely N-dealkylation sites (N-methyl/N-ethyl adjacent to an activating group) is 1. The van der Waals surface area contributed by atoms with Crippen LogP contribution in [0.1, 0.15) is 25.0 Å². The van der Waals surface area contributed by atoms with Crippen LogP contribution in [0.3, 0.4) is 0 Å². The molecule has 0 aliphatic heterocycles. The van der Waals surface area contributed by atoms with Crippen LogP contribution in [0, 0.1) is 11.3 Å². The van der Waals surface area contributed by atoms with Crippen LogP contribution in [0.5, 0.6) is 0 Å². The Bertz CT molecular complexity index is 667. The van der Waals surface area contributed by atoms with E-state index in [4.69, 9.17) is 4.99 Å². The third-order valence-electron chi connectivity index (χ3n) is 3.50. The van der Waals surface area contributed by atoms with Gasteiger partial charge in [0.25, 0.3) is 0 Å². The molecule has 0 unspecified atom stereocenters.